The molecule has 0 saturated carbocycles. The van der Waals surface area contributed by atoms with Crippen LogP contribution in [0.2, 0.25) is 0 Å². The van der Waals surface area contributed by atoms with Crippen LogP contribution in [0.3, 0.4) is 0 Å². The molecule has 0 amide bonds. The number of piperidine rings is 1. The lowest BCUT2D eigenvalue weighted by atomic mass is 9.86. The molecule has 0 bridgehead atoms. The molecule has 2 fully saturated rings. The molecule has 2 aliphatic rings. The van der Waals surface area contributed by atoms with E-state index in [1.165, 1.54) is 58.5 Å². The molecule has 0 spiro atoms. The van der Waals surface area contributed by atoms with Crippen molar-refractivity contribution >= 4 is 0 Å². The van der Waals surface area contributed by atoms with Crippen molar-refractivity contribution in [2.45, 2.75) is 44.7 Å². The molecule has 0 aliphatic carbocycles. The molecule has 112 valence electrons. The van der Waals surface area contributed by atoms with E-state index in [1.54, 1.807) is 0 Å². The number of nitrogens with two attached hydrogens (primary N) is 1. The molecule has 2 saturated heterocycles. The summed E-state index contributed by atoms with van der Waals surface area (Å²) >= 11 is 0. The number of likely N-dealkylation sites (tertiary alicyclic amines) is 2. The van der Waals surface area contributed by atoms with Crippen LogP contribution in [-0.4, -0.2) is 79.1 Å². The molecule has 0 aromatic carbocycles. The Morgan fingerprint density at radius 3 is 2.32 bits per heavy atom. The molecule has 0 aromatic rings. The molecular formula is C15H32N4. The van der Waals surface area contributed by atoms with Crippen molar-refractivity contribution in [3.63, 3.8) is 0 Å². The summed E-state index contributed by atoms with van der Waals surface area (Å²) in [6.07, 6.45) is 3.80. The minimum Gasteiger partial charge on any atom is -0.329 e. The third kappa shape index (κ3) is 3.13. The normalized spacial score (nSPS) is 29.2. The maximum Gasteiger partial charge on any atom is 0.0356 e. The first-order valence-corrected chi connectivity index (χ1v) is 8.03. The van der Waals surface area contributed by atoms with Crippen LogP contribution in [0, 0.1) is 0 Å². The number of nitrogens with zero attached hydrogens (tertiary/aromatic N) is 3. The van der Waals surface area contributed by atoms with Crippen LogP contribution < -0.4 is 5.73 Å². The minimum atomic E-state index is 0.286. The van der Waals surface area contributed by atoms with Gasteiger partial charge in [-0.3, -0.25) is 9.80 Å². The molecule has 0 aromatic heterocycles. The predicted octanol–water partition coefficient (Wildman–Crippen LogP) is 0.826. The fraction of sp³-hybridized carbons (Fsp3) is 1.00. The van der Waals surface area contributed by atoms with Crippen molar-refractivity contribution in [3.8, 4) is 0 Å². The van der Waals surface area contributed by atoms with Gasteiger partial charge in [0, 0.05) is 31.2 Å². The van der Waals surface area contributed by atoms with Gasteiger partial charge in [0.2, 0.25) is 0 Å². The number of rotatable bonds is 5. The number of hydrogen-bond donors (Lipinski definition) is 1. The van der Waals surface area contributed by atoms with Crippen LogP contribution in [0.25, 0.3) is 0 Å². The lowest BCUT2D eigenvalue weighted by Gasteiger charge is -2.46. The fourth-order valence-electron chi connectivity index (χ4n) is 3.89. The van der Waals surface area contributed by atoms with Crippen molar-refractivity contribution in [3.05, 3.63) is 0 Å². The Morgan fingerprint density at radius 1 is 1.16 bits per heavy atom. The monoisotopic (exact) mass is 268 g/mol. The van der Waals surface area contributed by atoms with Gasteiger partial charge >= 0.3 is 0 Å². The second kappa shape index (κ2) is 6.53. The predicted molar refractivity (Wildman–Crippen MR) is 81.4 cm³/mol. The molecule has 2 aliphatic heterocycles. The highest BCUT2D eigenvalue weighted by molar-refractivity contribution is 5.00. The third-order valence-corrected chi connectivity index (χ3v) is 5.46. The van der Waals surface area contributed by atoms with E-state index in [-0.39, 0.29) is 5.54 Å². The third-order valence-electron chi connectivity index (χ3n) is 5.46. The van der Waals surface area contributed by atoms with Crippen LogP contribution in [0.15, 0.2) is 0 Å². The van der Waals surface area contributed by atoms with Crippen LogP contribution in [-0.2, 0) is 0 Å². The number of hydrogen-bond acceptors (Lipinski definition) is 4. The Hall–Kier alpha value is -0.160. The van der Waals surface area contributed by atoms with Crippen molar-refractivity contribution in [1.82, 2.24) is 14.7 Å². The largest absolute Gasteiger partial charge is 0.329 e. The SMILES string of the molecule is CCN(CC)C1CCN(C2(CN)CCN(C)CC2)C1. The molecule has 2 N–H and O–H groups in total. The van der Waals surface area contributed by atoms with E-state index in [4.69, 9.17) is 5.73 Å². The average Bonchev–Trinajstić information content (AvgIpc) is 2.92. The van der Waals surface area contributed by atoms with Gasteiger partial charge < -0.3 is 10.6 Å². The zero-order chi connectivity index (χ0) is 13.9. The summed E-state index contributed by atoms with van der Waals surface area (Å²) in [7, 11) is 2.23. The van der Waals surface area contributed by atoms with E-state index in [0.717, 1.165) is 12.6 Å². The zero-order valence-electron chi connectivity index (χ0n) is 13.1. The molecule has 1 unspecified atom stereocenters. The van der Waals surface area contributed by atoms with Gasteiger partial charge in [0.1, 0.15) is 0 Å². The van der Waals surface area contributed by atoms with Gasteiger partial charge in [0.05, 0.1) is 0 Å². The summed E-state index contributed by atoms with van der Waals surface area (Å²) in [4.78, 5) is 7.76. The van der Waals surface area contributed by atoms with Gasteiger partial charge in [-0.15, -0.1) is 0 Å². The Morgan fingerprint density at radius 2 is 1.79 bits per heavy atom. The summed E-state index contributed by atoms with van der Waals surface area (Å²) in [5, 5.41) is 0. The zero-order valence-corrected chi connectivity index (χ0v) is 13.1. The summed E-state index contributed by atoms with van der Waals surface area (Å²) < 4.78 is 0. The first-order chi connectivity index (χ1) is 9.15. The van der Waals surface area contributed by atoms with E-state index in [9.17, 15) is 0 Å². The van der Waals surface area contributed by atoms with E-state index in [0.29, 0.717) is 0 Å². The molecular weight excluding hydrogens is 236 g/mol. The first kappa shape index (κ1) is 15.2. The smallest absolute Gasteiger partial charge is 0.0356 e. The van der Waals surface area contributed by atoms with Crippen LogP contribution in [0.1, 0.15) is 33.1 Å². The highest BCUT2D eigenvalue weighted by atomic mass is 15.3. The lowest BCUT2D eigenvalue weighted by molar-refractivity contribution is 0.0459. The van der Waals surface area contributed by atoms with Crippen LogP contribution in [0.4, 0.5) is 0 Å². The highest BCUT2D eigenvalue weighted by Gasteiger charge is 2.42. The molecule has 1 atom stereocenters. The quantitative estimate of drug-likeness (QED) is 0.801. The highest BCUT2D eigenvalue weighted by Crippen LogP contribution is 2.32. The summed E-state index contributed by atoms with van der Waals surface area (Å²) in [6, 6.07) is 0.748. The van der Waals surface area contributed by atoms with E-state index < -0.39 is 0 Å². The molecule has 2 rings (SSSR count). The Bertz CT molecular complexity index is 269. The number of likely N-dealkylation sites (N-methyl/N-ethyl adjacent to an activating group) is 1. The molecule has 4 heteroatoms. The van der Waals surface area contributed by atoms with E-state index in [2.05, 4.69) is 35.6 Å². The van der Waals surface area contributed by atoms with Crippen LogP contribution in [0.5, 0.6) is 0 Å². The summed E-state index contributed by atoms with van der Waals surface area (Å²) in [5.41, 5.74) is 6.46. The fourth-order valence-corrected chi connectivity index (χ4v) is 3.89. The van der Waals surface area contributed by atoms with Crippen molar-refractivity contribution in [2.24, 2.45) is 5.73 Å². The molecule has 0 radical (unpaired) electrons. The standard InChI is InChI=1S/C15H32N4/c1-4-18(5-2)14-6-9-19(12-14)15(13-16)7-10-17(3)11-8-15/h14H,4-13,16H2,1-3H3. The van der Waals surface area contributed by atoms with Crippen LogP contribution >= 0.6 is 0 Å². The Balaban J connectivity index is 1.98. The minimum absolute atomic E-state index is 0.286. The van der Waals surface area contributed by atoms with Crippen molar-refractivity contribution < 1.29 is 0 Å². The topological polar surface area (TPSA) is 35.7 Å². The Kier molecular flexibility index (Phi) is 5.23. The maximum atomic E-state index is 6.18. The van der Waals surface area contributed by atoms with Crippen molar-refractivity contribution in [2.75, 3.05) is 52.9 Å². The van der Waals surface area contributed by atoms with Gasteiger partial charge in [-0.25, -0.2) is 0 Å². The molecule has 2 heterocycles. The Labute approximate surface area is 118 Å². The van der Waals surface area contributed by atoms with Gasteiger partial charge in [0.15, 0.2) is 0 Å². The lowest BCUT2D eigenvalue weighted by Crippen LogP contribution is -2.58. The average molecular weight is 268 g/mol. The van der Waals surface area contributed by atoms with E-state index >= 15 is 0 Å². The van der Waals surface area contributed by atoms with Gasteiger partial charge in [-0.2, -0.15) is 0 Å². The summed E-state index contributed by atoms with van der Waals surface area (Å²) in [6.45, 7) is 12.6. The van der Waals surface area contributed by atoms with Gasteiger partial charge in [-0.05, 0) is 52.5 Å². The maximum absolute atomic E-state index is 6.18. The first-order valence-electron chi connectivity index (χ1n) is 8.03. The van der Waals surface area contributed by atoms with Gasteiger partial charge in [-0.1, -0.05) is 13.8 Å². The van der Waals surface area contributed by atoms with Gasteiger partial charge in [0.25, 0.3) is 0 Å². The van der Waals surface area contributed by atoms with E-state index in [1.807, 2.05) is 0 Å². The second-order valence-corrected chi connectivity index (χ2v) is 6.34. The molecule has 19 heavy (non-hydrogen) atoms. The summed E-state index contributed by atoms with van der Waals surface area (Å²) in [5.74, 6) is 0. The van der Waals surface area contributed by atoms with Crippen molar-refractivity contribution in [1.29, 1.82) is 0 Å². The molecule has 4 nitrogen and oxygen atoms in total. The second-order valence-electron chi connectivity index (χ2n) is 6.34.